The van der Waals surface area contributed by atoms with Crippen molar-refractivity contribution in [1.82, 2.24) is 4.90 Å². The van der Waals surface area contributed by atoms with Gasteiger partial charge in [-0.2, -0.15) is 0 Å². The molecule has 0 radical (unpaired) electrons. The van der Waals surface area contributed by atoms with E-state index in [0.29, 0.717) is 0 Å². The van der Waals surface area contributed by atoms with Crippen LogP contribution in [-0.4, -0.2) is 23.3 Å². The van der Waals surface area contributed by atoms with Gasteiger partial charge in [0.2, 0.25) is 5.29 Å². The largest absolute Gasteiger partial charge is 0.384 e. The first-order valence-electron chi connectivity index (χ1n) is 3.64. The number of hydrogen-bond acceptors (Lipinski definition) is 1. The number of rotatable bonds is 3. The van der Waals surface area contributed by atoms with E-state index in [0.717, 1.165) is 4.90 Å². The van der Waals surface area contributed by atoms with E-state index in [9.17, 15) is 19.4 Å². The Hall–Kier alpha value is -0.240. The van der Waals surface area contributed by atoms with Gasteiger partial charge in [-0.15, -0.1) is 0 Å². The third kappa shape index (κ3) is 6.25. The highest BCUT2D eigenvalue weighted by Gasteiger charge is 2.64. The third-order valence-electron chi connectivity index (χ3n) is 1.27. The third-order valence-corrected chi connectivity index (χ3v) is 2.21. The van der Waals surface area contributed by atoms with Crippen molar-refractivity contribution >= 4 is 27.3 Å². The van der Waals surface area contributed by atoms with Crippen LogP contribution in [0.3, 0.4) is 0 Å². The molecule has 14 heavy (non-hydrogen) atoms. The molecule has 0 aliphatic rings. The quantitative estimate of drug-likeness (QED) is 0.322. The van der Waals surface area contributed by atoms with Gasteiger partial charge in [-0.05, 0) is 25.4 Å². The van der Waals surface area contributed by atoms with E-state index < -0.39 is 15.7 Å². The molecule has 0 fully saturated rings. The summed E-state index contributed by atoms with van der Waals surface area (Å²) in [5.74, 6) is 0. The Bertz CT molecular complexity index is 242. The molecule has 0 saturated carbocycles. The molecule has 9 heteroatoms. The summed E-state index contributed by atoms with van der Waals surface area (Å²) >= 11 is 5.02. The molecule has 2 nitrogen and oxygen atoms in total. The van der Waals surface area contributed by atoms with Crippen LogP contribution in [-0.2, 0) is 0 Å². The summed E-state index contributed by atoms with van der Waals surface area (Å²) in [6.07, 6.45) is 0. The summed E-state index contributed by atoms with van der Waals surface area (Å²) in [7, 11) is -9.79. The molecule has 0 heterocycles. The maximum atomic E-state index is 11.8. The molecule has 0 aromatic rings. The highest BCUT2D eigenvalue weighted by atomic mass is 35.5. The minimum atomic E-state index is -9.79. The fourth-order valence-electron chi connectivity index (χ4n) is 0.685. The highest BCUT2D eigenvalue weighted by molar-refractivity contribution is 8.44. The van der Waals surface area contributed by atoms with Gasteiger partial charge in [0.05, 0.1) is 0 Å². The molecular formula is C5H10ClF5N2S. The monoisotopic (exact) mass is 260 g/mol. The second kappa shape index (κ2) is 3.13. The van der Waals surface area contributed by atoms with Crippen LogP contribution in [0.4, 0.5) is 19.4 Å². The van der Waals surface area contributed by atoms with E-state index in [4.69, 9.17) is 11.6 Å². The lowest BCUT2D eigenvalue weighted by Gasteiger charge is -2.36. The summed E-state index contributed by atoms with van der Waals surface area (Å²) in [5.41, 5.74) is 0. The van der Waals surface area contributed by atoms with Gasteiger partial charge in [0.1, 0.15) is 0 Å². The maximum Gasteiger partial charge on any atom is 0.384 e. The summed E-state index contributed by atoms with van der Waals surface area (Å²) in [4.78, 5) is 0.874. The van der Waals surface area contributed by atoms with E-state index in [2.05, 4.69) is 0 Å². The molecule has 0 aliphatic heterocycles. The standard InChI is InChI=1S/C5H10ClF5N2S/c1-3-13(4-2)5(6)12-14(7,8,9,10)11/h3-4H2,1-2H3/b12-5-. The van der Waals surface area contributed by atoms with Crippen LogP contribution in [0.5, 0.6) is 0 Å². The Morgan fingerprint density at radius 1 is 1.14 bits per heavy atom. The molecule has 0 unspecified atom stereocenters. The molecule has 0 aromatic carbocycles. The first kappa shape index (κ1) is 13.8. The zero-order valence-electron chi connectivity index (χ0n) is 7.48. The molecular weight excluding hydrogens is 251 g/mol. The average Bonchev–Trinajstić information content (AvgIpc) is 1.82. The molecule has 0 rings (SSSR count). The van der Waals surface area contributed by atoms with Crippen LogP contribution < -0.4 is 0 Å². The first-order chi connectivity index (χ1) is 5.88. The molecule has 0 amide bonds. The van der Waals surface area contributed by atoms with Crippen molar-refractivity contribution in [3.63, 3.8) is 0 Å². The van der Waals surface area contributed by atoms with Crippen molar-refractivity contribution in [3.8, 4) is 0 Å². The minimum Gasteiger partial charge on any atom is -0.347 e. The molecule has 0 spiro atoms. The highest BCUT2D eigenvalue weighted by Crippen LogP contribution is 2.99. The van der Waals surface area contributed by atoms with E-state index in [1.54, 1.807) is 0 Å². The number of nitrogens with zero attached hydrogens (tertiary/aromatic N) is 2. The van der Waals surface area contributed by atoms with Gasteiger partial charge in [0, 0.05) is 13.1 Å². The molecule has 0 aromatic heterocycles. The zero-order valence-corrected chi connectivity index (χ0v) is 9.06. The summed E-state index contributed by atoms with van der Waals surface area (Å²) in [5, 5.41) is -1.23. The van der Waals surface area contributed by atoms with Crippen molar-refractivity contribution in [2.45, 2.75) is 13.8 Å². The Morgan fingerprint density at radius 3 is 1.71 bits per heavy atom. The Labute approximate surface area is 83.6 Å². The van der Waals surface area contributed by atoms with Crippen LogP contribution in [0.15, 0.2) is 4.40 Å². The number of hydrogen-bond donors (Lipinski definition) is 0. The van der Waals surface area contributed by atoms with Gasteiger partial charge in [0.15, 0.2) is 0 Å². The topological polar surface area (TPSA) is 15.6 Å². The SMILES string of the molecule is CCN(CC)/C(Cl)=N\S(F)(F)(F)(F)F. The van der Waals surface area contributed by atoms with Gasteiger partial charge in [0.25, 0.3) is 0 Å². The lowest BCUT2D eigenvalue weighted by Crippen LogP contribution is -2.27. The van der Waals surface area contributed by atoms with Crippen molar-refractivity contribution in [3.05, 3.63) is 0 Å². The minimum absolute atomic E-state index is 0.0761. The molecule has 0 N–H and O–H groups in total. The van der Waals surface area contributed by atoms with Crippen LogP contribution in [0.1, 0.15) is 13.8 Å². The van der Waals surface area contributed by atoms with Gasteiger partial charge >= 0.3 is 10.4 Å². The van der Waals surface area contributed by atoms with E-state index in [-0.39, 0.29) is 13.1 Å². The maximum absolute atomic E-state index is 11.8. The Kier molecular flexibility index (Phi) is 3.07. The van der Waals surface area contributed by atoms with Crippen molar-refractivity contribution in [1.29, 1.82) is 0 Å². The van der Waals surface area contributed by atoms with Crippen molar-refractivity contribution in [2.75, 3.05) is 13.1 Å². The zero-order chi connectivity index (χ0) is 11.7. The lowest BCUT2D eigenvalue weighted by molar-refractivity contribution is 0.364. The summed E-state index contributed by atoms with van der Waals surface area (Å²) in [6.45, 7) is 3.11. The van der Waals surface area contributed by atoms with E-state index in [1.165, 1.54) is 18.2 Å². The van der Waals surface area contributed by atoms with Crippen molar-refractivity contribution < 1.29 is 19.4 Å². The smallest absolute Gasteiger partial charge is 0.347 e. The predicted molar refractivity (Wildman–Crippen MR) is 49.3 cm³/mol. The summed E-state index contributed by atoms with van der Waals surface area (Å²) < 4.78 is 60.4. The van der Waals surface area contributed by atoms with Gasteiger partial charge in [-0.1, -0.05) is 23.8 Å². The Balaban J connectivity index is 5.04. The molecule has 0 atom stereocenters. The predicted octanol–water partition coefficient (Wildman–Crippen LogP) is 4.14. The average molecular weight is 261 g/mol. The van der Waals surface area contributed by atoms with Gasteiger partial charge in [-0.25, -0.2) is 0 Å². The van der Waals surface area contributed by atoms with Crippen LogP contribution in [0.2, 0.25) is 0 Å². The summed E-state index contributed by atoms with van der Waals surface area (Å²) in [6, 6.07) is 0. The second-order valence-electron chi connectivity index (χ2n) is 2.46. The van der Waals surface area contributed by atoms with Crippen LogP contribution in [0, 0.1) is 0 Å². The van der Waals surface area contributed by atoms with Gasteiger partial charge < -0.3 is 4.90 Å². The molecule has 0 aliphatic carbocycles. The molecule has 88 valence electrons. The second-order valence-corrected chi connectivity index (χ2v) is 4.84. The lowest BCUT2D eigenvalue weighted by atomic mass is 10.6. The Morgan fingerprint density at radius 2 is 1.50 bits per heavy atom. The normalized spacial score (nSPS) is 18.7. The molecule has 0 bridgehead atoms. The fourth-order valence-corrected chi connectivity index (χ4v) is 1.72. The number of halogens is 6. The van der Waals surface area contributed by atoms with E-state index >= 15 is 0 Å². The van der Waals surface area contributed by atoms with E-state index in [1.807, 2.05) is 0 Å². The fraction of sp³-hybridized carbons (Fsp3) is 0.800. The number of amidine groups is 1. The van der Waals surface area contributed by atoms with Gasteiger partial charge in [-0.3, -0.25) is 0 Å². The van der Waals surface area contributed by atoms with Crippen LogP contribution in [0.25, 0.3) is 0 Å². The first-order valence-corrected chi connectivity index (χ1v) is 5.92. The molecule has 0 saturated heterocycles. The van der Waals surface area contributed by atoms with Crippen molar-refractivity contribution in [2.24, 2.45) is 4.40 Å². The van der Waals surface area contributed by atoms with Crippen LogP contribution >= 0.6 is 22.0 Å².